The van der Waals surface area contributed by atoms with Gasteiger partial charge in [0.25, 0.3) is 5.91 Å². The van der Waals surface area contributed by atoms with E-state index in [2.05, 4.69) is 15.5 Å². The van der Waals surface area contributed by atoms with E-state index in [0.29, 0.717) is 17.2 Å². The van der Waals surface area contributed by atoms with E-state index in [1.54, 1.807) is 12.4 Å². The topological polar surface area (TPSA) is 78.3 Å². The number of amides is 1. The van der Waals surface area contributed by atoms with Gasteiger partial charge < -0.3 is 19.4 Å². The molecule has 0 fully saturated rings. The number of anilines is 1. The number of hydrogen-bond acceptors (Lipinski definition) is 6. The Morgan fingerprint density at radius 2 is 1.96 bits per heavy atom. The number of hydrogen-bond donors (Lipinski definition) is 1. The molecule has 2 heterocycles. The van der Waals surface area contributed by atoms with E-state index in [-0.39, 0.29) is 12.5 Å². The third-order valence-corrected chi connectivity index (χ3v) is 4.86. The summed E-state index contributed by atoms with van der Waals surface area (Å²) in [4.78, 5) is 13.4. The van der Waals surface area contributed by atoms with Gasteiger partial charge in [0, 0.05) is 17.6 Å². The van der Waals surface area contributed by atoms with Gasteiger partial charge in [-0.3, -0.25) is 4.79 Å². The second-order valence-corrected chi connectivity index (χ2v) is 6.75. The molecule has 4 rings (SSSR count). The second-order valence-electron chi connectivity index (χ2n) is 5.70. The van der Waals surface area contributed by atoms with Crippen molar-refractivity contribution in [2.45, 2.75) is 16.2 Å². The number of nitrogens with one attached hydrogen (secondary N) is 1. The van der Waals surface area contributed by atoms with E-state index < -0.39 is 6.10 Å². The first-order chi connectivity index (χ1) is 12.7. The van der Waals surface area contributed by atoms with Crippen LogP contribution in [0.4, 0.5) is 5.69 Å². The van der Waals surface area contributed by atoms with Crippen LogP contribution in [0.25, 0.3) is 0 Å². The van der Waals surface area contributed by atoms with Crippen molar-refractivity contribution in [3.8, 4) is 11.5 Å². The molecule has 1 aromatic heterocycles. The zero-order valence-electron chi connectivity index (χ0n) is 14.0. The maximum Gasteiger partial charge on any atom is 0.269 e. The number of carbonyl (C=O) groups excluding carboxylic acids is 1. The van der Waals surface area contributed by atoms with Gasteiger partial charge in [0.2, 0.25) is 6.10 Å². The van der Waals surface area contributed by atoms with Crippen molar-refractivity contribution in [2.24, 2.45) is 7.05 Å². The smallest absolute Gasteiger partial charge is 0.269 e. The highest BCUT2D eigenvalue weighted by Crippen LogP contribution is 2.31. The minimum Gasteiger partial charge on any atom is -0.485 e. The second kappa shape index (κ2) is 7.09. The Hall–Kier alpha value is -3.00. The van der Waals surface area contributed by atoms with E-state index in [1.807, 2.05) is 54.1 Å². The number of fused-ring (bicyclic) bond motifs is 1. The summed E-state index contributed by atoms with van der Waals surface area (Å²) in [6.45, 7) is 0.183. The summed E-state index contributed by atoms with van der Waals surface area (Å²) < 4.78 is 13.1. The molecule has 132 valence electrons. The molecule has 1 N–H and O–H groups in total. The Labute approximate surface area is 154 Å². The number of aromatic nitrogens is 3. The molecule has 1 amide bonds. The minimum absolute atomic E-state index is 0.183. The summed E-state index contributed by atoms with van der Waals surface area (Å²) in [5.74, 6) is 0.990. The molecule has 1 atom stereocenters. The predicted octanol–water partition coefficient (Wildman–Crippen LogP) is 2.74. The van der Waals surface area contributed by atoms with Crippen LogP contribution in [0.3, 0.4) is 0 Å². The fourth-order valence-corrected chi connectivity index (χ4v) is 3.21. The van der Waals surface area contributed by atoms with Gasteiger partial charge in [-0.05, 0) is 48.2 Å². The normalized spacial score (nSPS) is 15.5. The SMILES string of the molecule is Cn1cnnc1Sc1ccc(NC(=O)[C@H]2COc3ccccc3O2)cc1. The fraction of sp³-hybridized carbons (Fsp3) is 0.167. The number of nitrogens with zero attached hydrogens (tertiary/aromatic N) is 3. The molecule has 3 aromatic rings. The Bertz CT molecular complexity index is 926. The Morgan fingerprint density at radius 1 is 1.19 bits per heavy atom. The molecular formula is C18H16N4O3S. The molecule has 0 unspecified atom stereocenters. The van der Waals surface area contributed by atoms with Crippen molar-refractivity contribution < 1.29 is 14.3 Å². The van der Waals surface area contributed by atoms with Gasteiger partial charge in [0.05, 0.1) is 0 Å². The third kappa shape index (κ3) is 3.50. The summed E-state index contributed by atoms with van der Waals surface area (Å²) in [5.41, 5.74) is 0.694. The van der Waals surface area contributed by atoms with Crippen LogP contribution in [0, 0.1) is 0 Å². The van der Waals surface area contributed by atoms with E-state index >= 15 is 0 Å². The number of carbonyl (C=O) groups is 1. The first kappa shape index (κ1) is 16.5. The fourth-order valence-electron chi connectivity index (χ4n) is 2.45. The zero-order chi connectivity index (χ0) is 17.9. The molecule has 0 aliphatic carbocycles. The summed E-state index contributed by atoms with van der Waals surface area (Å²) in [5, 5.41) is 11.5. The molecule has 0 spiro atoms. The van der Waals surface area contributed by atoms with Crippen LogP contribution < -0.4 is 14.8 Å². The number of aryl methyl sites for hydroxylation is 1. The van der Waals surface area contributed by atoms with Crippen molar-refractivity contribution in [1.29, 1.82) is 0 Å². The Balaban J connectivity index is 1.38. The van der Waals surface area contributed by atoms with E-state index in [9.17, 15) is 4.79 Å². The van der Waals surface area contributed by atoms with Crippen LogP contribution in [0.2, 0.25) is 0 Å². The lowest BCUT2D eigenvalue weighted by molar-refractivity contribution is -0.125. The number of para-hydroxylation sites is 2. The maximum absolute atomic E-state index is 12.4. The quantitative estimate of drug-likeness (QED) is 0.763. The molecule has 0 bridgehead atoms. The van der Waals surface area contributed by atoms with Crippen LogP contribution in [-0.2, 0) is 11.8 Å². The van der Waals surface area contributed by atoms with Gasteiger partial charge in [0.15, 0.2) is 16.7 Å². The zero-order valence-corrected chi connectivity index (χ0v) is 14.8. The van der Waals surface area contributed by atoms with E-state index in [4.69, 9.17) is 9.47 Å². The van der Waals surface area contributed by atoms with E-state index in [1.165, 1.54) is 11.8 Å². The van der Waals surface area contributed by atoms with Gasteiger partial charge in [0.1, 0.15) is 12.9 Å². The summed E-state index contributed by atoms with van der Waals surface area (Å²) >= 11 is 1.50. The third-order valence-electron chi connectivity index (χ3n) is 3.80. The van der Waals surface area contributed by atoms with Gasteiger partial charge in [-0.1, -0.05) is 12.1 Å². The number of ether oxygens (including phenoxy) is 2. The maximum atomic E-state index is 12.4. The van der Waals surface area contributed by atoms with Crippen molar-refractivity contribution >= 4 is 23.4 Å². The lowest BCUT2D eigenvalue weighted by Crippen LogP contribution is -2.40. The highest BCUT2D eigenvalue weighted by Gasteiger charge is 2.27. The van der Waals surface area contributed by atoms with Crippen molar-refractivity contribution in [3.05, 3.63) is 54.9 Å². The molecule has 2 aromatic carbocycles. The van der Waals surface area contributed by atoms with E-state index in [0.717, 1.165) is 10.1 Å². The highest BCUT2D eigenvalue weighted by atomic mass is 32.2. The lowest BCUT2D eigenvalue weighted by atomic mass is 10.2. The van der Waals surface area contributed by atoms with Gasteiger partial charge in [-0.25, -0.2) is 0 Å². The Kier molecular flexibility index (Phi) is 4.49. The standard InChI is InChI=1S/C18H16N4O3S/c1-22-11-19-21-18(22)26-13-8-6-12(7-9-13)20-17(23)16-10-24-14-4-2-3-5-15(14)25-16/h2-9,11,16H,10H2,1H3,(H,20,23)/t16-/m1/s1. The summed E-state index contributed by atoms with van der Waals surface area (Å²) in [7, 11) is 1.89. The molecule has 7 nitrogen and oxygen atoms in total. The molecule has 0 saturated carbocycles. The van der Waals surface area contributed by atoms with Crippen molar-refractivity contribution in [1.82, 2.24) is 14.8 Å². The molecule has 26 heavy (non-hydrogen) atoms. The largest absolute Gasteiger partial charge is 0.485 e. The molecular weight excluding hydrogens is 352 g/mol. The Morgan fingerprint density at radius 3 is 2.69 bits per heavy atom. The van der Waals surface area contributed by atoms with Crippen LogP contribution in [0.5, 0.6) is 11.5 Å². The molecule has 1 aliphatic heterocycles. The average Bonchev–Trinajstić information content (AvgIpc) is 3.07. The minimum atomic E-state index is -0.683. The van der Waals surface area contributed by atoms with Crippen molar-refractivity contribution in [3.63, 3.8) is 0 Å². The number of rotatable bonds is 4. The van der Waals surface area contributed by atoms with Crippen molar-refractivity contribution in [2.75, 3.05) is 11.9 Å². The molecule has 0 saturated heterocycles. The van der Waals surface area contributed by atoms with Gasteiger partial charge in [-0.2, -0.15) is 0 Å². The van der Waals surface area contributed by atoms with Crippen LogP contribution in [0.15, 0.2) is 64.9 Å². The first-order valence-electron chi connectivity index (χ1n) is 8.00. The molecule has 0 radical (unpaired) electrons. The first-order valence-corrected chi connectivity index (χ1v) is 8.82. The predicted molar refractivity (Wildman–Crippen MR) is 96.6 cm³/mol. The molecule has 8 heteroatoms. The summed E-state index contributed by atoms with van der Waals surface area (Å²) in [6, 6.07) is 14.8. The van der Waals surface area contributed by atoms with Crippen LogP contribution >= 0.6 is 11.8 Å². The monoisotopic (exact) mass is 368 g/mol. The van der Waals surface area contributed by atoms with Gasteiger partial charge in [-0.15, -0.1) is 10.2 Å². The average molecular weight is 368 g/mol. The van der Waals surface area contributed by atoms with Gasteiger partial charge >= 0.3 is 0 Å². The van der Waals surface area contributed by atoms with Crippen LogP contribution in [0.1, 0.15) is 0 Å². The lowest BCUT2D eigenvalue weighted by Gasteiger charge is -2.25. The number of benzene rings is 2. The molecule has 1 aliphatic rings. The highest BCUT2D eigenvalue weighted by molar-refractivity contribution is 7.99. The summed E-state index contributed by atoms with van der Waals surface area (Å²) in [6.07, 6.45) is 0.971. The van der Waals surface area contributed by atoms with Crippen LogP contribution in [-0.4, -0.2) is 33.4 Å².